The average molecular weight is 543 g/mol. The van der Waals surface area contributed by atoms with Crippen LogP contribution in [-0.4, -0.2) is 80.2 Å². The third kappa shape index (κ3) is 8.16. The average Bonchev–Trinajstić information content (AvgIpc) is 3.17. The van der Waals surface area contributed by atoms with Crippen molar-refractivity contribution < 1.29 is 9.53 Å². The van der Waals surface area contributed by atoms with Gasteiger partial charge in [-0.3, -0.25) is 14.6 Å². The summed E-state index contributed by atoms with van der Waals surface area (Å²) in [5.41, 5.74) is 7.28. The van der Waals surface area contributed by atoms with E-state index in [1.165, 1.54) is 5.56 Å². The summed E-state index contributed by atoms with van der Waals surface area (Å²) in [5, 5.41) is 6.52. The Labute approximate surface area is 200 Å². The van der Waals surface area contributed by atoms with E-state index < -0.39 is 6.04 Å². The van der Waals surface area contributed by atoms with Crippen LogP contribution < -0.4 is 21.1 Å². The summed E-state index contributed by atoms with van der Waals surface area (Å²) >= 11 is 2.34. The van der Waals surface area contributed by atoms with Crippen LogP contribution in [0.5, 0.6) is 5.75 Å². The number of nitrogens with two attached hydrogens (primary N) is 1. The Morgan fingerprint density at radius 2 is 2.06 bits per heavy atom. The first-order chi connectivity index (χ1) is 14.9. The molecular formula is C23H38IN5O2. The number of piperazine rings is 1. The second-order valence-corrected chi connectivity index (χ2v) is 10.3. The number of likely N-dealkylation sites (tertiary alicyclic amines) is 1. The van der Waals surface area contributed by atoms with Crippen molar-refractivity contribution in [2.75, 3.05) is 52.4 Å². The third-order valence-corrected chi connectivity index (χ3v) is 6.85. The van der Waals surface area contributed by atoms with Gasteiger partial charge in [-0.05, 0) is 59.0 Å². The van der Waals surface area contributed by atoms with Crippen LogP contribution >= 0.6 is 22.6 Å². The van der Waals surface area contributed by atoms with E-state index in [-0.39, 0.29) is 11.9 Å². The molecular weight excluding hydrogens is 505 g/mol. The number of hydrogen-bond acceptors (Lipinski definition) is 6. The second kappa shape index (κ2) is 12.3. The fraction of sp³-hybridized carbons (Fsp3) is 0.696. The molecule has 3 rings (SSSR count). The highest BCUT2D eigenvalue weighted by Gasteiger charge is 2.26. The van der Waals surface area contributed by atoms with E-state index in [0.29, 0.717) is 12.5 Å². The van der Waals surface area contributed by atoms with Crippen molar-refractivity contribution in [1.29, 1.82) is 0 Å². The lowest BCUT2D eigenvalue weighted by atomic mass is 10.0. The lowest BCUT2D eigenvalue weighted by molar-refractivity contribution is -0.123. The van der Waals surface area contributed by atoms with Gasteiger partial charge in [-0.15, -0.1) is 0 Å². The Morgan fingerprint density at radius 3 is 2.81 bits per heavy atom. The first kappa shape index (κ1) is 24.7. The van der Waals surface area contributed by atoms with Gasteiger partial charge in [0, 0.05) is 58.4 Å². The first-order valence-corrected chi connectivity index (χ1v) is 12.6. The van der Waals surface area contributed by atoms with Crippen molar-refractivity contribution in [3.05, 3.63) is 27.3 Å². The summed E-state index contributed by atoms with van der Waals surface area (Å²) < 4.78 is 7.26. The number of carbonyl (C=O) groups excluding carboxylic acids is 1. The fourth-order valence-electron chi connectivity index (χ4n) is 4.25. The Bertz CT molecular complexity index is 711. The molecule has 4 N–H and O–H groups in total. The number of ether oxygens (including phenoxy) is 1. The minimum absolute atomic E-state index is 0.0185. The molecule has 174 valence electrons. The molecule has 1 amide bonds. The fourth-order valence-corrected chi connectivity index (χ4v) is 4.74. The minimum Gasteiger partial charge on any atom is -0.491 e. The molecule has 2 fully saturated rings. The number of benzene rings is 1. The number of amides is 1. The second-order valence-electron chi connectivity index (χ2n) is 9.17. The zero-order valence-corrected chi connectivity index (χ0v) is 21.1. The molecule has 7 nitrogen and oxygen atoms in total. The van der Waals surface area contributed by atoms with Crippen molar-refractivity contribution in [2.45, 2.75) is 45.3 Å². The van der Waals surface area contributed by atoms with E-state index in [1.54, 1.807) is 0 Å². The number of halogens is 1. The standard InChI is InChI=1S/C23H38IN5O2/c1-17(2)13-21(25)23(30)27-19-5-8-29(16-19)15-18-3-4-20(24)22(14-18)31-12-11-28-9-6-26-7-10-28/h3-4,14,17,19,21,26H,5-13,15-16,25H2,1-2H3,(H,27,30)/t19-,21-/m0/s1. The lowest BCUT2D eigenvalue weighted by Crippen LogP contribution is -2.46. The molecule has 0 bridgehead atoms. The summed E-state index contributed by atoms with van der Waals surface area (Å²) in [4.78, 5) is 17.2. The molecule has 8 heteroatoms. The van der Waals surface area contributed by atoms with Gasteiger partial charge in [0.1, 0.15) is 12.4 Å². The highest BCUT2D eigenvalue weighted by atomic mass is 127. The zero-order valence-electron chi connectivity index (χ0n) is 18.9. The van der Waals surface area contributed by atoms with Gasteiger partial charge in [0.2, 0.25) is 5.91 Å². The normalized spacial score (nSPS) is 21.4. The molecule has 1 aromatic carbocycles. The number of hydrogen-bond donors (Lipinski definition) is 3. The molecule has 0 aliphatic carbocycles. The van der Waals surface area contributed by atoms with E-state index in [9.17, 15) is 4.79 Å². The van der Waals surface area contributed by atoms with Crippen molar-refractivity contribution in [3.8, 4) is 5.75 Å². The van der Waals surface area contributed by atoms with Gasteiger partial charge < -0.3 is 21.1 Å². The summed E-state index contributed by atoms with van der Waals surface area (Å²) in [5.74, 6) is 1.38. The molecule has 2 saturated heterocycles. The molecule has 2 heterocycles. The van der Waals surface area contributed by atoms with Crippen LogP contribution in [0.1, 0.15) is 32.3 Å². The Kier molecular flexibility index (Phi) is 9.83. The van der Waals surface area contributed by atoms with Gasteiger partial charge in [-0.1, -0.05) is 19.9 Å². The van der Waals surface area contributed by atoms with E-state index >= 15 is 0 Å². The quantitative estimate of drug-likeness (QED) is 0.390. The van der Waals surface area contributed by atoms with Gasteiger partial charge in [-0.2, -0.15) is 0 Å². The molecule has 2 aliphatic heterocycles. The van der Waals surface area contributed by atoms with Crippen LogP contribution in [0.3, 0.4) is 0 Å². The van der Waals surface area contributed by atoms with Gasteiger partial charge in [0.05, 0.1) is 9.61 Å². The number of nitrogens with one attached hydrogen (secondary N) is 2. The molecule has 31 heavy (non-hydrogen) atoms. The van der Waals surface area contributed by atoms with Gasteiger partial charge >= 0.3 is 0 Å². The van der Waals surface area contributed by atoms with Gasteiger partial charge in [0.15, 0.2) is 0 Å². The molecule has 0 aromatic heterocycles. The summed E-state index contributed by atoms with van der Waals surface area (Å²) in [6.07, 6.45) is 1.70. The maximum Gasteiger partial charge on any atom is 0.237 e. The largest absolute Gasteiger partial charge is 0.491 e. The minimum atomic E-state index is -0.411. The van der Waals surface area contributed by atoms with Crippen LogP contribution in [0.25, 0.3) is 0 Å². The Hall–Kier alpha value is -0.940. The summed E-state index contributed by atoms with van der Waals surface area (Å²) in [7, 11) is 0. The number of nitrogens with zero attached hydrogens (tertiary/aromatic N) is 2. The van der Waals surface area contributed by atoms with E-state index in [2.05, 4.69) is 75.1 Å². The highest BCUT2D eigenvalue weighted by Crippen LogP contribution is 2.24. The zero-order chi connectivity index (χ0) is 22.2. The molecule has 0 unspecified atom stereocenters. The molecule has 0 radical (unpaired) electrons. The van der Waals surface area contributed by atoms with E-state index in [1.807, 2.05) is 0 Å². The highest BCUT2D eigenvalue weighted by molar-refractivity contribution is 14.1. The van der Waals surface area contributed by atoms with Gasteiger partial charge in [-0.25, -0.2) is 0 Å². The SMILES string of the molecule is CC(C)C[C@H](N)C(=O)N[C@H]1CCN(Cc2ccc(I)c(OCCN3CCNCC3)c2)C1. The molecule has 2 atom stereocenters. The first-order valence-electron chi connectivity index (χ1n) is 11.5. The number of rotatable bonds is 10. The maximum atomic E-state index is 12.3. The molecule has 0 spiro atoms. The van der Waals surface area contributed by atoms with E-state index in [4.69, 9.17) is 10.5 Å². The van der Waals surface area contributed by atoms with Crippen LogP contribution in [0.2, 0.25) is 0 Å². The van der Waals surface area contributed by atoms with Crippen molar-refractivity contribution in [2.24, 2.45) is 11.7 Å². The lowest BCUT2D eigenvalue weighted by Gasteiger charge is -2.27. The predicted octanol–water partition coefficient (Wildman–Crippen LogP) is 1.64. The van der Waals surface area contributed by atoms with Gasteiger partial charge in [0.25, 0.3) is 0 Å². The van der Waals surface area contributed by atoms with Crippen LogP contribution in [0.15, 0.2) is 18.2 Å². The third-order valence-electron chi connectivity index (χ3n) is 5.96. The molecule has 1 aromatic rings. The number of carbonyl (C=O) groups is 1. The Morgan fingerprint density at radius 1 is 1.29 bits per heavy atom. The van der Waals surface area contributed by atoms with Crippen molar-refractivity contribution >= 4 is 28.5 Å². The van der Waals surface area contributed by atoms with Crippen LogP contribution in [-0.2, 0) is 11.3 Å². The molecule has 0 saturated carbocycles. The smallest absolute Gasteiger partial charge is 0.237 e. The summed E-state index contributed by atoms with van der Waals surface area (Å²) in [6.45, 7) is 12.9. The monoisotopic (exact) mass is 543 g/mol. The predicted molar refractivity (Wildman–Crippen MR) is 133 cm³/mol. The summed E-state index contributed by atoms with van der Waals surface area (Å²) in [6, 6.07) is 6.26. The maximum absolute atomic E-state index is 12.3. The molecule has 2 aliphatic rings. The van der Waals surface area contributed by atoms with Crippen LogP contribution in [0.4, 0.5) is 0 Å². The van der Waals surface area contributed by atoms with Crippen LogP contribution in [0, 0.1) is 9.49 Å². The van der Waals surface area contributed by atoms with Crippen molar-refractivity contribution in [3.63, 3.8) is 0 Å². The van der Waals surface area contributed by atoms with Crippen molar-refractivity contribution in [1.82, 2.24) is 20.4 Å². The van der Waals surface area contributed by atoms with E-state index in [0.717, 1.165) is 74.5 Å². The Balaban J connectivity index is 1.44. The topological polar surface area (TPSA) is 82.9 Å².